The zero-order valence-corrected chi connectivity index (χ0v) is 17.0. The third-order valence-corrected chi connectivity index (χ3v) is 5.97. The SMILES string of the molecule is Cc1ccccc1-c1ccc2ccnc(-c3cc4ccccc4cc3C)c2c1C. The number of pyridine rings is 1. The normalized spacial score (nSPS) is 11.3. The molecule has 0 unspecified atom stereocenters. The largest absolute Gasteiger partial charge is 0.256 e. The van der Waals surface area contributed by atoms with Gasteiger partial charge in [0.1, 0.15) is 0 Å². The number of aryl methyl sites for hydroxylation is 3. The van der Waals surface area contributed by atoms with Crippen molar-refractivity contribution in [3.05, 3.63) is 102 Å². The van der Waals surface area contributed by atoms with E-state index in [9.17, 15) is 0 Å². The van der Waals surface area contributed by atoms with Crippen LogP contribution in [0.2, 0.25) is 0 Å². The lowest BCUT2D eigenvalue weighted by Gasteiger charge is -2.16. The zero-order valence-electron chi connectivity index (χ0n) is 17.0. The van der Waals surface area contributed by atoms with E-state index in [1.807, 2.05) is 6.20 Å². The van der Waals surface area contributed by atoms with Gasteiger partial charge in [0.25, 0.3) is 0 Å². The molecule has 5 rings (SSSR count). The second kappa shape index (κ2) is 6.86. The summed E-state index contributed by atoms with van der Waals surface area (Å²) in [6.45, 7) is 6.59. The van der Waals surface area contributed by atoms with E-state index in [-0.39, 0.29) is 0 Å². The molecule has 29 heavy (non-hydrogen) atoms. The van der Waals surface area contributed by atoms with Crippen molar-refractivity contribution < 1.29 is 0 Å². The molecule has 0 saturated carbocycles. The Labute approximate surface area is 171 Å². The Kier molecular flexibility index (Phi) is 4.17. The van der Waals surface area contributed by atoms with Gasteiger partial charge < -0.3 is 0 Å². The van der Waals surface area contributed by atoms with E-state index in [1.165, 1.54) is 54.9 Å². The van der Waals surface area contributed by atoms with E-state index in [0.717, 1.165) is 5.69 Å². The van der Waals surface area contributed by atoms with Crippen LogP contribution in [0.15, 0.2) is 85.1 Å². The molecule has 0 N–H and O–H groups in total. The third kappa shape index (κ3) is 2.91. The van der Waals surface area contributed by atoms with E-state index in [0.29, 0.717) is 0 Å². The lowest BCUT2D eigenvalue weighted by Crippen LogP contribution is -1.94. The molecule has 4 aromatic carbocycles. The standard InChI is InChI=1S/C28H23N/c1-18-8-4-7-11-24(18)25-13-12-21-14-15-29-28(27(21)20(25)3)26-17-23-10-6-5-9-22(23)16-19(26)2/h4-17H,1-3H3. The molecule has 0 fully saturated rings. The van der Waals surface area contributed by atoms with Gasteiger partial charge in [0.2, 0.25) is 0 Å². The summed E-state index contributed by atoms with van der Waals surface area (Å²) in [4.78, 5) is 4.86. The Morgan fingerprint density at radius 2 is 1.28 bits per heavy atom. The summed E-state index contributed by atoms with van der Waals surface area (Å²) >= 11 is 0. The highest BCUT2D eigenvalue weighted by Gasteiger charge is 2.15. The maximum atomic E-state index is 4.86. The van der Waals surface area contributed by atoms with Crippen LogP contribution in [0.5, 0.6) is 0 Å². The Morgan fingerprint density at radius 1 is 0.552 bits per heavy atom. The van der Waals surface area contributed by atoms with Crippen molar-refractivity contribution in [1.82, 2.24) is 4.98 Å². The lowest BCUT2D eigenvalue weighted by atomic mass is 9.90. The summed E-state index contributed by atoms with van der Waals surface area (Å²) in [6.07, 6.45) is 1.93. The van der Waals surface area contributed by atoms with Crippen LogP contribution in [-0.2, 0) is 0 Å². The van der Waals surface area contributed by atoms with Gasteiger partial charge in [-0.3, -0.25) is 4.98 Å². The van der Waals surface area contributed by atoms with Crippen molar-refractivity contribution in [1.29, 1.82) is 0 Å². The number of nitrogens with zero attached hydrogens (tertiary/aromatic N) is 1. The van der Waals surface area contributed by atoms with Gasteiger partial charge in [0, 0.05) is 17.1 Å². The summed E-state index contributed by atoms with van der Waals surface area (Å²) in [5.41, 5.74) is 8.68. The number of rotatable bonds is 2. The van der Waals surface area contributed by atoms with Gasteiger partial charge in [-0.15, -0.1) is 0 Å². The maximum absolute atomic E-state index is 4.86. The van der Waals surface area contributed by atoms with Crippen molar-refractivity contribution in [3.63, 3.8) is 0 Å². The molecule has 1 nitrogen and oxygen atoms in total. The van der Waals surface area contributed by atoms with Crippen LogP contribution in [-0.4, -0.2) is 4.98 Å². The molecule has 0 amide bonds. The van der Waals surface area contributed by atoms with Crippen LogP contribution in [0.4, 0.5) is 0 Å². The van der Waals surface area contributed by atoms with Crippen molar-refractivity contribution in [2.24, 2.45) is 0 Å². The first-order valence-electron chi connectivity index (χ1n) is 10.1. The fraction of sp³-hybridized carbons (Fsp3) is 0.107. The third-order valence-electron chi connectivity index (χ3n) is 5.97. The van der Waals surface area contributed by atoms with Gasteiger partial charge in [-0.2, -0.15) is 0 Å². The van der Waals surface area contributed by atoms with Crippen molar-refractivity contribution >= 4 is 21.5 Å². The molecule has 0 saturated heterocycles. The van der Waals surface area contributed by atoms with Crippen LogP contribution >= 0.6 is 0 Å². The molecule has 0 atom stereocenters. The predicted octanol–water partition coefficient (Wildman–Crippen LogP) is 7.65. The fourth-order valence-electron chi connectivity index (χ4n) is 4.42. The van der Waals surface area contributed by atoms with Crippen LogP contribution in [0, 0.1) is 20.8 Å². The van der Waals surface area contributed by atoms with Gasteiger partial charge in [0.15, 0.2) is 0 Å². The first-order valence-corrected chi connectivity index (χ1v) is 10.1. The second-order valence-electron chi connectivity index (χ2n) is 7.82. The van der Waals surface area contributed by atoms with E-state index in [1.54, 1.807) is 0 Å². The smallest absolute Gasteiger partial charge is 0.0786 e. The van der Waals surface area contributed by atoms with Gasteiger partial charge in [-0.05, 0) is 76.9 Å². The summed E-state index contributed by atoms with van der Waals surface area (Å²) < 4.78 is 0. The minimum atomic E-state index is 1.07. The predicted molar refractivity (Wildman–Crippen MR) is 124 cm³/mol. The molecule has 140 valence electrons. The molecule has 0 aliphatic carbocycles. The van der Waals surface area contributed by atoms with E-state index >= 15 is 0 Å². The van der Waals surface area contributed by atoms with Gasteiger partial charge in [-0.1, -0.05) is 66.7 Å². The zero-order chi connectivity index (χ0) is 20.0. The maximum Gasteiger partial charge on any atom is 0.0786 e. The molecule has 0 bridgehead atoms. The van der Waals surface area contributed by atoms with Crippen LogP contribution < -0.4 is 0 Å². The Balaban J connectivity index is 1.83. The number of hydrogen-bond donors (Lipinski definition) is 0. The van der Waals surface area contributed by atoms with Gasteiger partial charge in [0.05, 0.1) is 5.69 Å². The molecular weight excluding hydrogens is 350 g/mol. The molecule has 0 spiro atoms. The Hall–Kier alpha value is -3.45. The summed E-state index contributed by atoms with van der Waals surface area (Å²) in [6, 6.07) is 28.3. The number of fused-ring (bicyclic) bond motifs is 2. The van der Waals surface area contributed by atoms with Gasteiger partial charge in [-0.25, -0.2) is 0 Å². The highest BCUT2D eigenvalue weighted by Crippen LogP contribution is 2.37. The van der Waals surface area contributed by atoms with Crippen LogP contribution in [0.25, 0.3) is 43.9 Å². The Morgan fingerprint density at radius 3 is 2.07 bits per heavy atom. The summed E-state index contributed by atoms with van der Waals surface area (Å²) in [5.74, 6) is 0. The number of hydrogen-bond acceptors (Lipinski definition) is 1. The van der Waals surface area contributed by atoms with E-state index < -0.39 is 0 Å². The van der Waals surface area contributed by atoms with Crippen LogP contribution in [0.1, 0.15) is 16.7 Å². The molecule has 5 aromatic rings. The molecule has 0 aliphatic heterocycles. The van der Waals surface area contributed by atoms with Crippen molar-refractivity contribution in [3.8, 4) is 22.4 Å². The highest BCUT2D eigenvalue weighted by molar-refractivity contribution is 6.02. The van der Waals surface area contributed by atoms with Crippen LogP contribution in [0.3, 0.4) is 0 Å². The molecule has 1 aromatic heterocycles. The molecule has 0 aliphatic rings. The highest BCUT2D eigenvalue weighted by atomic mass is 14.7. The first-order chi connectivity index (χ1) is 14.1. The minimum absolute atomic E-state index is 1.07. The monoisotopic (exact) mass is 373 g/mol. The average molecular weight is 373 g/mol. The van der Waals surface area contributed by atoms with Crippen molar-refractivity contribution in [2.45, 2.75) is 20.8 Å². The second-order valence-corrected chi connectivity index (χ2v) is 7.82. The summed E-state index contributed by atoms with van der Waals surface area (Å²) in [7, 11) is 0. The fourth-order valence-corrected chi connectivity index (χ4v) is 4.42. The molecule has 1 heterocycles. The molecule has 1 heteroatoms. The van der Waals surface area contributed by atoms with E-state index in [4.69, 9.17) is 4.98 Å². The van der Waals surface area contributed by atoms with Crippen molar-refractivity contribution in [2.75, 3.05) is 0 Å². The molecular formula is C28H23N. The summed E-state index contributed by atoms with van der Waals surface area (Å²) in [5, 5.41) is 5.00. The number of benzene rings is 4. The first kappa shape index (κ1) is 17.6. The molecule has 0 radical (unpaired) electrons. The minimum Gasteiger partial charge on any atom is -0.256 e. The van der Waals surface area contributed by atoms with E-state index in [2.05, 4.69) is 99.6 Å². The average Bonchev–Trinajstić information content (AvgIpc) is 2.74. The Bertz CT molecular complexity index is 1380. The lowest BCUT2D eigenvalue weighted by molar-refractivity contribution is 1.33. The topological polar surface area (TPSA) is 12.9 Å². The number of aromatic nitrogens is 1. The van der Waals surface area contributed by atoms with Gasteiger partial charge >= 0.3 is 0 Å². The quantitative estimate of drug-likeness (QED) is 0.310.